The molecule has 0 spiro atoms. The Morgan fingerprint density at radius 3 is 2.33 bits per heavy atom. The number of hydrogen-bond donors (Lipinski definition) is 1. The maximum atomic E-state index is 12.1. The largest absolute Gasteiger partial charge is 0.493 e. The molecule has 0 fully saturated rings. The lowest BCUT2D eigenvalue weighted by atomic mass is 10.1. The van der Waals surface area contributed by atoms with Crippen LogP contribution in [0.5, 0.6) is 11.5 Å². The molecular formula is C13H18N2O3. The molecule has 98 valence electrons. The molecule has 0 aliphatic rings. The number of anilines is 1. The van der Waals surface area contributed by atoms with Crippen LogP contribution < -0.4 is 14.8 Å². The molecule has 0 atom stereocenters. The highest BCUT2D eigenvalue weighted by Crippen LogP contribution is 2.33. The molecule has 18 heavy (non-hydrogen) atoms. The molecule has 0 saturated heterocycles. The molecule has 1 N–H and O–H groups in total. The highest BCUT2D eigenvalue weighted by atomic mass is 16.5. The fraction of sp³-hybridized carbons (Fsp3) is 0.308. The first-order chi connectivity index (χ1) is 8.58. The summed E-state index contributed by atoms with van der Waals surface area (Å²) in [6.07, 6.45) is 1.46. The lowest BCUT2D eigenvalue weighted by Gasteiger charge is -2.17. The monoisotopic (exact) mass is 250 g/mol. The van der Waals surface area contributed by atoms with Gasteiger partial charge in [-0.25, -0.2) is 0 Å². The smallest absolute Gasteiger partial charge is 0.259 e. The van der Waals surface area contributed by atoms with Crippen LogP contribution in [0.25, 0.3) is 0 Å². The highest BCUT2D eigenvalue weighted by molar-refractivity contribution is 6.00. The molecule has 0 bridgehead atoms. The second-order valence-electron chi connectivity index (χ2n) is 3.60. The molecule has 0 unspecified atom stereocenters. The number of rotatable bonds is 5. The molecular weight excluding hydrogens is 232 g/mol. The summed E-state index contributed by atoms with van der Waals surface area (Å²) in [5, 5.41) is 2.96. The Balaban J connectivity index is 3.33. The van der Waals surface area contributed by atoms with Crippen molar-refractivity contribution < 1.29 is 14.3 Å². The van der Waals surface area contributed by atoms with Gasteiger partial charge in [0.1, 0.15) is 0 Å². The number of carbonyl (C=O) groups is 1. The summed E-state index contributed by atoms with van der Waals surface area (Å²) in [4.78, 5) is 13.5. The van der Waals surface area contributed by atoms with Crippen LogP contribution in [0.3, 0.4) is 0 Å². The first-order valence-corrected chi connectivity index (χ1v) is 5.42. The minimum Gasteiger partial charge on any atom is -0.493 e. The van der Waals surface area contributed by atoms with Crippen LogP contribution >= 0.6 is 0 Å². The van der Waals surface area contributed by atoms with Gasteiger partial charge in [-0.15, -0.1) is 0 Å². The van der Waals surface area contributed by atoms with E-state index in [2.05, 4.69) is 11.9 Å². The second-order valence-corrected chi connectivity index (χ2v) is 3.60. The highest BCUT2D eigenvalue weighted by Gasteiger charge is 2.18. The Morgan fingerprint density at radius 1 is 1.33 bits per heavy atom. The fourth-order valence-electron chi connectivity index (χ4n) is 1.54. The third kappa shape index (κ3) is 2.56. The molecule has 0 aromatic heterocycles. The van der Waals surface area contributed by atoms with E-state index in [1.54, 1.807) is 33.3 Å². The summed E-state index contributed by atoms with van der Waals surface area (Å²) >= 11 is 0. The van der Waals surface area contributed by atoms with Crippen LogP contribution in [0, 0.1) is 0 Å². The van der Waals surface area contributed by atoms with Gasteiger partial charge in [-0.1, -0.05) is 6.58 Å². The number of hydrogen-bond acceptors (Lipinski definition) is 4. The number of nitrogens with zero attached hydrogens (tertiary/aromatic N) is 1. The molecule has 5 heteroatoms. The lowest BCUT2D eigenvalue weighted by Crippen LogP contribution is -2.21. The van der Waals surface area contributed by atoms with Gasteiger partial charge in [-0.05, 0) is 12.3 Å². The Hall–Kier alpha value is -2.17. The van der Waals surface area contributed by atoms with Gasteiger partial charge in [-0.2, -0.15) is 0 Å². The van der Waals surface area contributed by atoms with E-state index in [-0.39, 0.29) is 5.91 Å². The average Bonchev–Trinajstić information content (AvgIpc) is 2.43. The van der Waals surface area contributed by atoms with Gasteiger partial charge in [0.25, 0.3) is 5.91 Å². The van der Waals surface area contributed by atoms with Crippen molar-refractivity contribution in [1.82, 2.24) is 4.90 Å². The first kappa shape index (κ1) is 13.9. The van der Waals surface area contributed by atoms with E-state index >= 15 is 0 Å². The van der Waals surface area contributed by atoms with E-state index in [0.717, 1.165) is 0 Å². The van der Waals surface area contributed by atoms with E-state index in [0.29, 0.717) is 22.7 Å². The quantitative estimate of drug-likeness (QED) is 0.868. The van der Waals surface area contributed by atoms with E-state index < -0.39 is 0 Å². The zero-order chi connectivity index (χ0) is 13.7. The van der Waals surface area contributed by atoms with Crippen LogP contribution in [0.15, 0.2) is 24.9 Å². The molecule has 0 heterocycles. The van der Waals surface area contributed by atoms with E-state index in [1.165, 1.54) is 18.2 Å². The number of amides is 1. The zero-order valence-electron chi connectivity index (χ0n) is 11.1. The summed E-state index contributed by atoms with van der Waals surface area (Å²) < 4.78 is 10.4. The number of methoxy groups -OCH3 is 2. The van der Waals surface area contributed by atoms with Crippen molar-refractivity contribution in [3.8, 4) is 11.5 Å². The number of carbonyl (C=O) groups excluding carboxylic acids is 1. The number of nitrogens with one attached hydrogen (secondary N) is 1. The molecule has 1 amide bonds. The molecule has 0 radical (unpaired) electrons. The number of ether oxygens (including phenoxy) is 2. The minimum atomic E-state index is -0.171. The summed E-state index contributed by atoms with van der Waals surface area (Å²) in [5.74, 6) is 0.910. The van der Waals surface area contributed by atoms with Crippen LogP contribution in [0.2, 0.25) is 0 Å². The lowest BCUT2D eigenvalue weighted by molar-refractivity contribution is 0.0851. The summed E-state index contributed by atoms with van der Waals surface area (Å²) in [7, 11) is 6.47. The number of benzene rings is 1. The van der Waals surface area contributed by atoms with E-state index in [4.69, 9.17) is 9.47 Å². The molecule has 1 rings (SSSR count). The molecule has 0 aliphatic carbocycles. The van der Waals surface area contributed by atoms with E-state index in [9.17, 15) is 4.79 Å². The van der Waals surface area contributed by atoms with Crippen LogP contribution in [0.1, 0.15) is 10.4 Å². The molecule has 1 aromatic carbocycles. The van der Waals surface area contributed by atoms with Crippen molar-refractivity contribution in [2.75, 3.05) is 33.6 Å². The Kier molecular flexibility index (Phi) is 4.59. The maximum absolute atomic E-state index is 12.1. The van der Waals surface area contributed by atoms with Gasteiger partial charge in [0.15, 0.2) is 11.5 Å². The first-order valence-electron chi connectivity index (χ1n) is 5.42. The van der Waals surface area contributed by atoms with Crippen molar-refractivity contribution >= 4 is 11.6 Å². The topological polar surface area (TPSA) is 50.8 Å². The second kappa shape index (κ2) is 5.95. The minimum absolute atomic E-state index is 0.171. The van der Waals surface area contributed by atoms with Gasteiger partial charge in [0.2, 0.25) is 0 Å². The van der Waals surface area contributed by atoms with Gasteiger partial charge < -0.3 is 19.7 Å². The van der Waals surface area contributed by atoms with Crippen molar-refractivity contribution in [3.05, 3.63) is 30.5 Å². The Morgan fingerprint density at radius 2 is 1.89 bits per heavy atom. The SMILES string of the molecule is C=CN(C)C(=O)c1cc(OC)c(OC)cc1NC. The van der Waals surface area contributed by atoms with Gasteiger partial charge in [-0.3, -0.25) is 4.79 Å². The molecule has 5 nitrogen and oxygen atoms in total. The standard InChI is InChI=1S/C13H18N2O3/c1-6-15(3)13(16)9-7-11(17-4)12(18-5)8-10(9)14-2/h6-8,14H,1H2,2-5H3. The Labute approximate surface area is 107 Å². The summed E-state index contributed by atoms with van der Waals surface area (Å²) in [6.45, 7) is 3.57. The fourth-order valence-corrected chi connectivity index (χ4v) is 1.54. The van der Waals surface area contributed by atoms with E-state index in [1.807, 2.05) is 0 Å². The van der Waals surface area contributed by atoms with Crippen molar-refractivity contribution in [3.63, 3.8) is 0 Å². The van der Waals surface area contributed by atoms with Crippen LogP contribution in [-0.4, -0.2) is 39.1 Å². The molecule has 0 aliphatic heterocycles. The van der Waals surface area contributed by atoms with Gasteiger partial charge >= 0.3 is 0 Å². The van der Waals surface area contributed by atoms with Crippen molar-refractivity contribution in [2.45, 2.75) is 0 Å². The van der Waals surface area contributed by atoms with Gasteiger partial charge in [0.05, 0.1) is 25.5 Å². The molecule has 1 aromatic rings. The normalized spacial score (nSPS) is 9.56. The van der Waals surface area contributed by atoms with Crippen molar-refractivity contribution in [2.24, 2.45) is 0 Å². The summed E-state index contributed by atoms with van der Waals surface area (Å²) in [5.41, 5.74) is 1.17. The third-order valence-electron chi connectivity index (χ3n) is 2.62. The zero-order valence-corrected chi connectivity index (χ0v) is 11.1. The van der Waals surface area contributed by atoms with Gasteiger partial charge in [0, 0.05) is 20.2 Å². The third-order valence-corrected chi connectivity index (χ3v) is 2.62. The summed E-state index contributed by atoms with van der Waals surface area (Å²) in [6, 6.07) is 3.37. The average molecular weight is 250 g/mol. The molecule has 0 saturated carbocycles. The maximum Gasteiger partial charge on any atom is 0.259 e. The predicted molar refractivity (Wildman–Crippen MR) is 71.4 cm³/mol. The van der Waals surface area contributed by atoms with Crippen molar-refractivity contribution in [1.29, 1.82) is 0 Å². The van der Waals surface area contributed by atoms with Crippen LogP contribution in [0.4, 0.5) is 5.69 Å². The predicted octanol–water partition coefficient (Wildman–Crippen LogP) is 1.96. The van der Waals surface area contributed by atoms with Crippen LogP contribution in [-0.2, 0) is 0 Å². The Bertz CT molecular complexity index is 458.